The van der Waals surface area contributed by atoms with Crippen LogP contribution < -0.4 is 11.5 Å². The van der Waals surface area contributed by atoms with Crippen LogP contribution in [0.15, 0.2) is 6.07 Å². The van der Waals surface area contributed by atoms with Crippen LogP contribution in [0.3, 0.4) is 0 Å². The third kappa shape index (κ3) is 3.07. The maximum Gasteiger partial charge on any atom is 0.217 e. The number of hydrogen-bond donors (Lipinski definition) is 2. The largest absolute Gasteiger partial charge is 0.370 e. The molecule has 1 aromatic carbocycles. The van der Waals surface area contributed by atoms with Gasteiger partial charge < -0.3 is 11.5 Å². The molecular formula is C14H22N2O. The van der Waals surface area contributed by atoms with Crippen molar-refractivity contribution in [1.82, 2.24) is 0 Å². The van der Waals surface area contributed by atoms with Crippen molar-refractivity contribution >= 4 is 5.91 Å². The fourth-order valence-corrected chi connectivity index (χ4v) is 2.25. The average molecular weight is 234 g/mol. The van der Waals surface area contributed by atoms with Crippen LogP contribution in [0, 0.1) is 27.7 Å². The maximum atomic E-state index is 10.8. The number of carbonyl (C=O) groups excluding carboxylic acids is 1. The van der Waals surface area contributed by atoms with E-state index in [1.165, 1.54) is 27.8 Å². The highest BCUT2D eigenvalue weighted by atomic mass is 16.1. The van der Waals surface area contributed by atoms with Crippen LogP contribution >= 0.6 is 0 Å². The van der Waals surface area contributed by atoms with E-state index in [0.717, 1.165) is 0 Å². The van der Waals surface area contributed by atoms with Gasteiger partial charge in [-0.2, -0.15) is 0 Å². The third-order valence-electron chi connectivity index (χ3n) is 3.50. The van der Waals surface area contributed by atoms with Gasteiger partial charge in [0.2, 0.25) is 5.91 Å². The highest BCUT2D eigenvalue weighted by Gasteiger charge is 2.15. The van der Waals surface area contributed by atoms with Crippen LogP contribution in [0.5, 0.6) is 0 Å². The van der Waals surface area contributed by atoms with Crippen molar-refractivity contribution in [1.29, 1.82) is 0 Å². The Morgan fingerprint density at radius 1 is 1.18 bits per heavy atom. The first-order chi connectivity index (χ1) is 7.84. The second-order valence-electron chi connectivity index (χ2n) is 4.79. The topological polar surface area (TPSA) is 69.1 Å². The van der Waals surface area contributed by atoms with E-state index < -0.39 is 0 Å². The lowest BCUT2D eigenvalue weighted by atomic mass is 9.88. The van der Waals surface area contributed by atoms with Gasteiger partial charge in [0.1, 0.15) is 0 Å². The van der Waals surface area contributed by atoms with Gasteiger partial charge in [-0.1, -0.05) is 6.07 Å². The van der Waals surface area contributed by atoms with E-state index in [-0.39, 0.29) is 11.9 Å². The van der Waals surface area contributed by atoms with E-state index in [1.54, 1.807) is 0 Å². The van der Waals surface area contributed by atoms with Gasteiger partial charge in [0, 0.05) is 12.5 Å². The summed E-state index contributed by atoms with van der Waals surface area (Å²) in [6, 6.07) is 2.07. The van der Waals surface area contributed by atoms with E-state index >= 15 is 0 Å². The summed E-state index contributed by atoms with van der Waals surface area (Å²) in [5.74, 6) is -0.292. The quantitative estimate of drug-likeness (QED) is 0.838. The first-order valence-electron chi connectivity index (χ1n) is 5.95. The second kappa shape index (κ2) is 5.32. The Balaban J connectivity index is 3.07. The Kier molecular flexibility index (Phi) is 4.29. The van der Waals surface area contributed by atoms with Gasteiger partial charge in [0.15, 0.2) is 0 Å². The van der Waals surface area contributed by atoms with E-state index in [0.29, 0.717) is 12.8 Å². The summed E-state index contributed by atoms with van der Waals surface area (Å²) >= 11 is 0. The lowest BCUT2D eigenvalue weighted by Gasteiger charge is -2.20. The number of nitrogens with two attached hydrogens (primary N) is 2. The summed E-state index contributed by atoms with van der Waals surface area (Å²) in [7, 11) is 0. The Hall–Kier alpha value is -1.35. The van der Waals surface area contributed by atoms with E-state index in [4.69, 9.17) is 11.5 Å². The molecule has 1 unspecified atom stereocenters. The summed E-state index contributed by atoms with van der Waals surface area (Å²) in [6.07, 6.45) is 0.951. The van der Waals surface area contributed by atoms with Crippen LogP contribution in [-0.2, 0) is 4.79 Å². The third-order valence-corrected chi connectivity index (χ3v) is 3.50. The number of primary amides is 1. The molecule has 94 valence electrons. The molecule has 0 saturated heterocycles. The number of carbonyl (C=O) groups is 1. The zero-order valence-corrected chi connectivity index (χ0v) is 11.1. The van der Waals surface area contributed by atoms with Gasteiger partial charge >= 0.3 is 0 Å². The molecule has 1 aromatic rings. The van der Waals surface area contributed by atoms with Crippen LogP contribution in [-0.4, -0.2) is 5.91 Å². The fourth-order valence-electron chi connectivity index (χ4n) is 2.25. The van der Waals surface area contributed by atoms with Gasteiger partial charge in [0.05, 0.1) is 0 Å². The van der Waals surface area contributed by atoms with Gasteiger partial charge in [-0.05, 0) is 61.9 Å². The highest BCUT2D eigenvalue weighted by Crippen LogP contribution is 2.28. The number of benzene rings is 1. The van der Waals surface area contributed by atoms with Crippen LogP contribution in [0.4, 0.5) is 0 Å². The summed E-state index contributed by atoms with van der Waals surface area (Å²) in [5, 5.41) is 0. The summed E-state index contributed by atoms with van der Waals surface area (Å²) in [4.78, 5) is 10.8. The predicted molar refractivity (Wildman–Crippen MR) is 70.7 cm³/mol. The van der Waals surface area contributed by atoms with Gasteiger partial charge in [-0.15, -0.1) is 0 Å². The molecular weight excluding hydrogens is 212 g/mol. The van der Waals surface area contributed by atoms with E-state index in [2.05, 4.69) is 33.8 Å². The van der Waals surface area contributed by atoms with Crippen molar-refractivity contribution in [2.75, 3.05) is 0 Å². The van der Waals surface area contributed by atoms with Crippen molar-refractivity contribution in [2.24, 2.45) is 11.5 Å². The minimum atomic E-state index is -0.292. The number of aryl methyl sites for hydroxylation is 2. The van der Waals surface area contributed by atoms with Crippen LogP contribution in [0.2, 0.25) is 0 Å². The first kappa shape index (κ1) is 13.7. The molecule has 1 rings (SSSR count). The van der Waals surface area contributed by atoms with Crippen LogP contribution in [0.1, 0.15) is 46.7 Å². The van der Waals surface area contributed by atoms with Crippen LogP contribution in [0.25, 0.3) is 0 Å². The summed E-state index contributed by atoms with van der Waals surface area (Å²) < 4.78 is 0. The van der Waals surface area contributed by atoms with Crippen molar-refractivity contribution in [3.8, 4) is 0 Å². The van der Waals surface area contributed by atoms with Crippen molar-refractivity contribution in [2.45, 2.75) is 46.6 Å². The number of rotatable bonds is 4. The maximum absolute atomic E-state index is 10.8. The molecule has 3 nitrogen and oxygen atoms in total. The smallest absolute Gasteiger partial charge is 0.217 e. The monoisotopic (exact) mass is 234 g/mol. The molecule has 0 bridgehead atoms. The summed E-state index contributed by atoms with van der Waals surface area (Å²) in [5.41, 5.74) is 17.5. The minimum Gasteiger partial charge on any atom is -0.370 e. The molecule has 0 fully saturated rings. The SMILES string of the molecule is Cc1cc(C)c(C)c(C(N)CCC(N)=O)c1C. The average Bonchev–Trinajstić information content (AvgIpc) is 2.24. The molecule has 1 amide bonds. The Morgan fingerprint density at radius 3 is 2.06 bits per heavy atom. The Bertz CT molecular complexity index is 412. The van der Waals surface area contributed by atoms with Crippen molar-refractivity contribution in [3.63, 3.8) is 0 Å². The van der Waals surface area contributed by atoms with Crippen molar-refractivity contribution < 1.29 is 4.79 Å². The molecule has 4 N–H and O–H groups in total. The zero-order chi connectivity index (χ0) is 13.2. The zero-order valence-electron chi connectivity index (χ0n) is 11.1. The fraction of sp³-hybridized carbons (Fsp3) is 0.500. The predicted octanol–water partition coefficient (Wildman–Crippen LogP) is 2.19. The lowest BCUT2D eigenvalue weighted by molar-refractivity contribution is -0.118. The Morgan fingerprint density at radius 2 is 1.65 bits per heavy atom. The molecule has 0 aromatic heterocycles. The molecule has 0 spiro atoms. The first-order valence-corrected chi connectivity index (χ1v) is 5.95. The van der Waals surface area contributed by atoms with Gasteiger partial charge in [-0.3, -0.25) is 4.79 Å². The molecule has 0 radical (unpaired) electrons. The second-order valence-corrected chi connectivity index (χ2v) is 4.79. The normalized spacial score (nSPS) is 12.5. The number of amides is 1. The molecule has 0 heterocycles. The van der Waals surface area contributed by atoms with E-state index in [1.807, 2.05) is 0 Å². The molecule has 0 aliphatic heterocycles. The lowest BCUT2D eigenvalue weighted by Crippen LogP contribution is -2.18. The molecule has 17 heavy (non-hydrogen) atoms. The number of hydrogen-bond acceptors (Lipinski definition) is 2. The molecule has 0 aliphatic rings. The minimum absolute atomic E-state index is 0.110. The standard InChI is InChI=1S/C14H22N2O/c1-8-7-9(2)11(4)14(10(8)3)12(15)5-6-13(16)17/h7,12H,5-6,15H2,1-4H3,(H2,16,17). The van der Waals surface area contributed by atoms with Crippen molar-refractivity contribution in [3.05, 3.63) is 33.9 Å². The molecule has 0 aliphatic carbocycles. The highest BCUT2D eigenvalue weighted by molar-refractivity contribution is 5.73. The Labute approximate surface area is 103 Å². The van der Waals surface area contributed by atoms with Gasteiger partial charge in [-0.25, -0.2) is 0 Å². The molecule has 0 saturated carbocycles. The van der Waals surface area contributed by atoms with Gasteiger partial charge in [0.25, 0.3) is 0 Å². The summed E-state index contributed by atoms with van der Waals surface area (Å²) in [6.45, 7) is 8.35. The van der Waals surface area contributed by atoms with E-state index in [9.17, 15) is 4.79 Å². The molecule has 1 atom stereocenters. The molecule has 3 heteroatoms.